The van der Waals surface area contributed by atoms with Crippen molar-refractivity contribution in [2.45, 2.75) is 0 Å². The third kappa shape index (κ3) is 2.96. The molecule has 22 heavy (non-hydrogen) atoms. The molecule has 2 N–H and O–H groups in total. The number of carbonyl (C=O) groups is 1. The van der Waals surface area contributed by atoms with Gasteiger partial charge >= 0.3 is 0 Å². The molecule has 1 amide bonds. The molecule has 0 atom stereocenters. The molecule has 110 valence electrons. The molecular weight excluding hydrogens is 303 g/mol. The van der Waals surface area contributed by atoms with Gasteiger partial charge in [-0.15, -0.1) is 11.3 Å². The maximum absolute atomic E-state index is 12.9. The first-order valence-electron chi connectivity index (χ1n) is 6.44. The van der Waals surface area contributed by atoms with Crippen molar-refractivity contribution in [3.63, 3.8) is 0 Å². The summed E-state index contributed by atoms with van der Waals surface area (Å²) in [5, 5.41) is 12.2. The number of amides is 1. The van der Waals surface area contributed by atoms with E-state index in [1.165, 1.54) is 35.7 Å². The first kappa shape index (κ1) is 14.2. The number of halogens is 1. The fourth-order valence-electron chi connectivity index (χ4n) is 1.89. The van der Waals surface area contributed by atoms with Crippen LogP contribution in [0.25, 0.3) is 10.4 Å². The summed E-state index contributed by atoms with van der Waals surface area (Å²) in [4.78, 5) is 17.4. The number of aromatic hydroxyl groups is 1. The maximum atomic E-state index is 12.9. The minimum atomic E-state index is -0.354. The predicted molar refractivity (Wildman–Crippen MR) is 83.6 cm³/mol. The van der Waals surface area contributed by atoms with Gasteiger partial charge in [0.05, 0.1) is 4.88 Å². The number of nitrogens with zero attached hydrogens (tertiary/aromatic N) is 1. The van der Waals surface area contributed by atoms with Gasteiger partial charge in [-0.25, -0.2) is 9.37 Å². The van der Waals surface area contributed by atoms with E-state index in [9.17, 15) is 14.3 Å². The van der Waals surface area contributed by atoms with Crippen LogP contribution >= 0.6 is 11.3 Å². The van der Waals surface area contributed by atoms with Gasteiger partial charge in [-0.3, -0.25) is 4.79 Å². The SMILES string of the molecule is O=C(Nc1ncccc1O)c1ccc(-c2ccc(F)cc2)s1. The van der Waals surface area contributed by atoms with E-state index in [1.54, 1.807) is 30.3 Å². The van der Waals surface area contributed by atoms with Gasteiger partial charge in [-0.1, -0.05) is 12.1 Å². The molecule has 6 heteroatoms. The predicted octanol–water partition coefficient (Wildman–Crippen LogP) is 3.91. The third-order valence-electron chi connectivity index (χ3n) is 2.98. The molecule has 0 fully saturated rings. The van der Waals surface area contributed by atoms with E-state index in [4.69, 9.17) is 0 Å². The molecular formula is C16H11FN2O2S. The minimum absolute atomic E-state index is 0.0915. The summed E-state index contributed by atoms with van der Waals surface area (Å²) in [5.41, 5.74) is 0.839. The average Bonchev–Trinajstić information content (AvgIpc) is 3.00. The molecule has 1 aromatic carbocycles. The lowest BCUT2D eigenvalue weighted by Gasteiger charge is -2.03. The van der Waals surface area contributed by atoms with Gasteiger partial charge in [0.2, 0.25) is 0 Å². The van der Waals surface area contributed by atoms with Crippen molar-refractivity contribution in [2.24, 2.45) is 0 Å². The monoisotopic (exact) mass is 314 g/mol. The van der Waals surface area contributed by atoms with Crippen LogP contribution in [0.15, 0.2) is 54.7 Å². The molecule has 2 aromatic heterocycles. The van der Waals surface area contributed by atoms with Gasteiger partial charge in [-0.05, 0) is 42.0 Å². The fraction of sp³-hybridized carbons (Fsp3) is 0. The van der Waals surface area contributed by atoms with Crippen LogP contribution in [0.3, 0.4) is 0 Å². The maximum Gasteiger partial charge on any atom is 0.267 e. The normalized spacial score (nSPS) is 10.4. The van der Waals surface area contributed by atoms with Crippen molar-refractivity contribution in [3.8, 4) is 16.2 Å². The first-order chi connectivity index (χ1) is 10.6. The molecule has 0 unspecified atom stereocenters. The molecule has 0 saturated carbocycles. The Morgan fingerprint density at radius 2 is 1.91 bits per heavy atom. The van der Waals surface area contributed by atoms with Gasteiger partial charge in [0.25, 0.3) is 5.91 Å². The van der Waals surface area contributed by atoms with Crippen LogP contribution in [0.2, 0.25) is 0 Å². The summed E-state index contributed by atoms with van der Waals surface area (Å²) in [7, 11) is 0. The van der Waals surface area contributed by atoms with Crippen molar-refractivity contribution >= 4 is 23.1 Å². The summed E-state index contributed by atoms with van der Waals surface area (Å²) in [6, 6.07) is 12.6. The summed E-state index contributed by atoms with van der Waals surface area (Å²) < 4.78 is 12.9. The molecule has 0 radical (unpaired) electrons. The van der Waals surface area contributed by atoms with Crippen molar-refractivity contribution in [3.05, 3.63) is 65.4 Å². The summed E-state index contributed by atoms with van der Waals surface area (Å²) in [6.45, 7) is 0. The highest BCUT2D eigenvalue weighted by atomic mass is 32.1. The number of aromatic nitrogens is 1. The van der Waals surface area contributed by atoms with Crippen molar-refractivity contribution < 1.29 is 14.3 Å². The second kappa shape index (κ2) is 5.95. The number of anilines is 1. The molecule has 0 saturated heterocycles. The van der Waals surface area contributed by atoms with Crippen LogP contribution in [-0.2, 0) is 0 Å². The van der Waals surface area contributed by atoms with E-state index in [1.807, 2.05) is 0 Å². The van der Waals surface area contributed by atoms with Gasteiger partial charge < -0.3 is 10.4 Å². The Bertz CT molecular complexity index is 815. The second-order valence-electron chi connectivity index (χ2n) is 4.50. The van der Waals surface area contributed by atoms with E-state index in [0.717, 1.165) is 10.4 Å². The molecule has 0 aliphatic heterocycles. The minimum Gasteiger partial charge on any atom is -0.504 e. The molecule has 0 aliphatic rings. The number of carbonyl (C=O) groups excluding carboxylic acids is 1. The zero-order valence-corrected chi connectivity index (χ0v) is 12.1. The zero-order valence-electron chi connectivity index (χ0n) is 11.3. The molecule has 3 rings (SSSR count). The first-order valence-corrected chi connectivity index (χ1v) is 7.26. The lowest BCUT2D eigenvalue weighted by Crippen LogP contribution is -2.11. The lowest BCUT2D eigenvalue weighted by molar-refractivity contribution is 0.102. The largest absolute Gasteiger partial charge is 0.504 e. The Balaban J connectivity index is 1.80. The highest BCUT2D eigenvalue weighted by Crippen LogP contribution is 2.29. The number of hydrogen-bond donors (Lipinski definition) is 2. The molecule has 0 aliphatic carbocycles. The van der Waals surface area contributed by atoms with Crippen molar-refractivity contribution in [2.75, 3.05) is 5.32 Å². The van der Waals surface area contributed by atoms with Crippen molar-refractivity contribution in [1.29, 1.82) is 0 Å². The highest BCUT2D eigenvalue weighted by molar-refractivity contribution is 7.17. The van der Waals surface area contributed by atoms with E-state index in [0.29, 0.717) is 4.88 Å². The van der Waals surface area contributed by atoms with Gasteiger partial charge in [-0.2, -0.15) is 0 Å². The molecule has 0 bridgehead atoms. The Morgan fingerprint density at radius 3 is 2.64 bits per heavy atom. The smallest absolute Gasteiger partial charge is 0.267 e. The summed E-state index contributed by atoms with van der Waals surface area (Å²) in [5.74, 6) is -0.633. The molecule has 4 nitrogen and oxygen atoms in total. The highest BCUT2D eigenvalue weighted by Gasteiger charge is 2.13. The van der Waals surface area contributed by atoms with Crippen LogP contribution in [0.1, 0.15) is 9.67 Å². The van der Waals surface area contributed by atoms with Crippen LogP contribution in [0, 0.1) is 5.82 Å². The van der Waals surface area contributed by atoms with E-state index < -0.39 is 0 Å². The topological polar surface area (TPSA) is 62.2 Å². The fourth-order valence-corrected chi connectivity index (χ4v) is 2.80. The van der Waals surface area contributed by atoms with Crippen molar-refractivity contribution in [1.82, 2.24) is 4.98 Å². The summed E-state index contributed by atoms with van der Waals surface area (Å²) in [6.07, 6.45) is 1.48. The molecule has 3 aromatic rings. The van der Waals surface area contributed by atoms with E-state index >= 15 is 0 Å². The number of pyridine rings is 1. The standard InChI is InChI=1S/C16H11FN2O2S/c17-11-5-3-10(4-6-11)13-7-8-14(22-13)16(21)19-15-12(20)2-1-9-18-15/h1-9,20H,(H,18,19,21). The zero-order chi connectivity index (χ0) is 15.5. The Labute approximate surface area is 129 Å². The van der Waals surface area contributed by atoms with Crippen LogP contribution in [0.5, 0.6) is 5.75 Å². The van der Waals surface area contributed by atoms with E-state index in [-0.39, 0.29) is 23.3 Å². The molecule has 2 heterocycles. The van der Waals surface area contributed by atoms with Crippen LogP contribution in [0.4, 0.5) is 10.2 Å². The second-order valence-corrected chi connectivity index (χ2v) is 5.58. The Hall–Kier alpha value is -2.73. The number of benzene rings is 1. The van der Waals surface area contributed by atoms with Crippen LogP contribution in [-0.4, -0.2) is 16.0 Å². The Morgan fingerprint density at radius 1 is 1.14 bits per heavy atom. The van der Waals surface area contributed by atoms with Gasteiger partial charge in [0.1, 0.15) is 5.82 Å². The van der Waals surface area contributed by atoms with E-state index in [2.05, 4.69) is 10.3 Å². The third-order valence-corrected chi connectivity index (χ3v) is 4.11. The average molecular weight is 314 g/mol. The van der Waals surface area contributed by atoms with Gasteiger partial charge in [0.15, 0.2) is 11.6 Å². The number of hydrogen-bond acceptors (Lipinski definition) is 4. The lowest BCUT2D eigenvalue weighted by atomic mass is 10.2. The quantitative estimate of drug-likeness (QED) is 0.770. The summed E-state index contributed by atoms with van der Waals surface area (Å²) >= 11 is 1.28. The van der Waals surface area contributed by atoms with Crippen LogP contribution < -0.4 is 5.32 Å². The number of rotatable bonds is 3. The van der Waals surface area contributed by atoms with Gasteiger partial charge in [0, 0.05) is 11.1 Å². The number of nitrogens with one attached hydrogen (secondary N) is 1. The Kier molecular flexibility index (Phi) is 3.84. The molecule has 0 spiro atoms. The number of thiophene rings is 1.